The summed E-state index contributed by atoms with van der Waals surface area (Å²) in [6.45, 7) is 1.02. The highest BCUT2D eigenvalue weighted by Crippen LogP contribution is 2.24. The highest BCUT2D eigenvalue weighted by molar-refractivity contribution is 9.10. The molecule has 1 N–H and O–H groups in total. The van der Waals surface area contributed by atoms with Crippen LogP contribution >= 0.6 is 15.9 Å². The summed E-state index contributed by atoms with van der Waals surface area (Å²) in [5, 5.41) is 8.92. The van der Waals surface area contributed by atoms with Crippen molar-refractivity contribution < 1.29 is 27.8 Å². The third kappa shape index (κ3) is 5.74. The Hall–Kier alpha value is -0.960. The van der Waals surface area contributed by atoms with Crippen LogP contribution < -0.4 is 0 Å². The first-order valence-corrected chi connectivity index (χ1v) is 8.65. The molecule has 0 fully saturated rings. The fourth-order valence-electron chi connectivity index (χ4n) is 1.56. The number of benzene rings is 1. The van der Waals surface area contributed by atoms with Gasteiger partial charge in [0.1, 0.15) is 0 Å². The van der Waals surface area contributed by atoms with Gasteiger partial charge in [0.15, 0.2) is 9.84 Å². The molecule has 0 aliphatic rings. The molecule has 0 amide bonds. The summed E-state index contributed by atoms with van der Waals surface area (Å²) in [6.07, 6.45) is 0.689. The molecule has 0 aliphatic heterocycles. The lowest BCUT2D eigenvalue weighted by Gasteiger charge is -2.08. The van der Waals surface area contributed by atoms with Crippen LogP contribution in [0.4, 0.5) is 0 Å². The third-order valence-electron chi connectivity index (χ3n) is 2.65. The molecule has 118 valence electrons. The van der Waals surface area contributed by atoms with E-state index in [1.54, 1.807) is 7.11 Å². The van der Waals surface area contributed by atoms with Gasteiger partial charge in [-0.3, -0.25) is 0 Å². The molecule has 8 heteroatoms. The lowest BCUT2D eigenvalue weighted by molar-refractivity contribution is 0.0696. The van der Waals surface area contributed by atoms with Gasteiger partial charge in [0.2, 0.25) is 0 Å². The standard InChI is InChI=1S/C13H17BrO6S/c1-19-5-2-6-20-7-8-21(17,18)12-9-10(13(15)16)3-4-11(12)14/h3-4,9H,2,5-8H2,1H3,(H,15,16). The molecule has 0 bridgehead atoms. The van der Waals surface area contributed by atoms with Gasteiger partial charge in [-0.2, -0.15) is 0 Å². The highest BCUT2D eigenvalue weighted by atomic mass is 79.9. The minimum absolute atomic E-state index is 0.0390. The number of carboxylic acid groups (broad SMARTS) is 1. The molecule has 0 atom stereocenters. The van der Waals surface area contributed by atoms with Crippen molar-refractivity contribution in [3.8, 4) is 0 Å². The van der Waals surface area contributed by atoms with Gasteiger partial charge in [0, 0.05) is 24.8 Å². The summed E-state index contributed by atoms with van der Waals surface area (Å²) in [5.41, 5.74) is -0.0715. The Kier molecular flexibility index (Phi) is 7.30. The Bertz CT molecular complexity index is 584. The first-order chi connectivity index (χ1) is 9.88. The summed E-state index contributed by atoms with van der Waals surface area (Å²) in [7, 11) is -2.03. The Morgan fingerprint density at radius 2 is 2.00 bits per heavy atom. The second-order valence-corrected chi connectivity index (χ2v) is 7.16. The molecule has 1 aromatic carbocycles. The van der Waals surface area contributed by atoms with Crippen LogP contribution in [0.1, 0.15) is 16.8 Å². The lowest BCUT2D eigenvalue weighted by Crippen LogP contribution is -2.14. The fraction of sp³-hybridized carbons (Fsp3) is 0.462. The van der Waals surface area contributed by atoms with Crippen molar-refractivity contribution in [2.24, 2.45) is 0 Å². The summed E-state index contributed by atoms with van der Waals surface area (Å²) >= 11 is 3.13. The van der Waals surface area contributed by atoms with Crippen molar-refractivity contribution in [1.82, 2.24) is 0 Å². The number of carboxylic acids is 1. The van der Waals surface area contributed by atoms with Gasteiger partial charge in [0.25, 0.3) is 0 Å². The average Bonchev–Trinajstić information content (AvgIpc) is 2.42. The first-order valence-electron chi connectivity index (χ1n) is 6.21. The molecular formula is C13H17BrO6S. The number of carbonyl (C=O) groups is 1. The van der Waals surface area contributed by atoms with E-state index < -0.39 is 15.8 Å². The topological polar surface area (TPSA) is 89.9 Å². The van der Waals surface area contributed by atoms with Crippen LogP contribution in [-0.4, -0.2) is 52.2 Å². The lowest BCUT2D eigenvalue weighted by atomic mass is 10.2. The number of hydrogen-bond acceptors (Lipinski definition) is 5. The number of ether oxygens (including phenoxy) is 2. The van der Waals surface area contributed by atoms with Crippen LogP contribution in [0.2, 0.25) is 0 Å². The van der Waals surface area contributed by atoms with E-state index in [0.29, 0.717) is 24.1 Å². The zero-order chi connectivity index (χ0) is 15.9. The maximum Gasteiger partial charge on any atom is 0.335 e. The van der Waals surface area contributed by atoms with E-state index in [0.717, 1.165) is 6.07 Å². The molecule has 0 spiro atoms. The van der Waals surface area contributed by atoms with Crippen molar-refractivity contribution in [1.29, 1.82) is 0 Å². The molecule has 0 unspecified atom stereocenters. The predicted molar refractivity (Wildman–Crippen MR) is 80.5 cm³/mol. The maximum atomic E-state index is 12.2. The van der Waals surface area contributed by atoms with Gasteiger partial charge in [-0.05, 0) is 40.5 Å². The van der Waals surface area contributed by atoms with Gasteiger partial charge in [-0.25, -0.2) is 13.2 Å². The summed E-state index contributed by atoms with van der Waals surface area (Å²) in [6, 6.07) is 3.90. The number of halogens is 1. The van der Waals surface area contributed by atoms with E-state index >= 15 is 0 Å². The second-order valence-electron chi connectivity index (χ2n) is 4.23. The van der Waals surface area contributed by atoms with E-state index in [9.17, 15) is 13.2 Å². The Morgan fingerprint density at radius 1 is 1.29 bits per heavy atom. The second kappa shape index (κ2) is 8.47. The maximum absolute atomic E-state index is 12.2. The zero-order valence-electron chi connectivity index (χ0n) is 11.5. The molecule has 0 saturated carbocycles. The van der Waals surface area contributed by atoms with Crippen molar-refractivity contribution in [2.75, 3.05) is 32.7 Å². The smallest absolute Gasteiger partial charge is 0.335 e. The highest BCUT2D eigenvalue weighted by Gasteiger charge is 2.19. The SMILES string of the molecule is COCCCOCCS(=O)(=O)c1cc(C(=O)O)ccc1Br. The Labute approximate surface area is 132 Å². The normalized spacial score (nSPS) is 11.5. The third-order valence-corrected chi connectivity index (χ3v) is 5.31. The van der Waals surface area contributed by atoms with Crippen LogP contribution in [-0.2, 0) is 19.3 Å². The molecule has 0 aromatic heterocycles. The number of hydrogen-bond donors (Lipinski definition) is 1. The van der Waals surface area contributed by atoms with Crippen LogP contribution in [0, 0.1) is 0 Å². The molecule has 0 aliphatic carbocycles. The van der Waals surface area contributed by atoms with Gasteiger partial charge >= 0.3 is 5.97 Å². The van der Waals surface area contributed by atoms with Crippen molar-refractivity contribution >= 4 is 31.7 Å². The molecule has 6 nitrogen and oxygen atoms in total. The number of sulfone groups is 1. The minimum atomic E-state index is -3.61. The minimum Gasteiger partial charge on any atom is -0.478 e. The van der Waals surface area contributed by atoms with Gasteiger partial charge in [-0.1, -0.05) is 0 Å². The van der Waals surface area contributed by atoms with Crippen molar-refractivity contribution in [3.05, 3.63) is 28.2 Å². The Morgan fingerprint density at radius 3 is 2.62 bits per heavy atom. The van der Waals surface area contributed by atoms with Crippen molar-refractivity contribution in [3.63, 3.8) is 0 Å². The quantitative estimate of drug-likeness (QED) is 0.658. The average molecular weight is 381 g/mol. The van der Waals surface area contributed by atoms with E-state index in [1.807, 2.05) is 0 Å². The molecule has 0 saturated heterocycles. The van der Waals surface area contributed by atoms with Crippen LogP contribution in [0.25, 0.3) is 0 Å². The molecular weight excluding hydrogens is 364 g/mol. The van der Waals surface area contributed by atoms with Gasteiger partial charge < -0.3 is 14.6 Å². The first kappa shape index (κ1) is 18.1. The van der Waals surface area contributed by atoms with E-state index in [4.69, 9.17) is 14.6 Å². The fourth-order valence-corrected chi connectivity index (χ4v) is 3.78. The van der Waals surface area contributed by atoms with E-state index in [2.05, 4.69) is 15.9 Å². The van der Waals surface area contributed by atoms with E-state index in [-0.39, 0.29) is 22.8 Å². The van der Waals surface area contributed by atoms with Crippen molar-refractivity contribution in [2.45, 2.75) is 11.3 Å². The van der Waals surface area contributed by atoms with E-state index in [1.165, 1.54) is 12.1 Å². The monoisotopic (exact) mass is 380 g/mol. The molecule has 1 rings (SSSR count). The van der Waals surface area contributed by atoms with Crippen LogP contribution in [0.5, 0.6) is 0 Å². The van der Waals surface area contributed by atoms with Gasteiger partial charge in [0.05, 0.1) is 22.8 Å². The number of methoxy groups -OCH3 is 1. The number of rotatable bonds is 9. The molecule has 0 radical (unpaired) electrons. The summed E-state index contributed by atoms with van der Waals surface area (Å²) in [4.78, 5) is 10.9. The molecule has 21 heavy (non-hydrogen) atoms. The molecule has 1 aromatic rings. The number of aromatic carboxylic acids is 1. The predicted octanol–water partition coefficient (Wildman–Crippen LogP) is 1.97. The summed E-state index contributed by atoms with van der Waals surface area (Å²) < 4.78 is 34.8. The van der Waals surface area contributed by atoms with Gasteiger partial charge in [-0.15, -0.1) is 0 Å². The Balaban J connectivity index is 2.70. The molecule has 0 heterocycles. The van der Waals surface area contributed by atoms with Crippen LogP contribution in [0.15, 0.2) is 27.6 Å². The van der Waals surface area contributed by atoms with Crippen LogP contribution in [0.3, 0.4) is 0 Å². The largest absolute Gasteiger partial charge is 0.478 e. The summed E-state index contributed by atoms with van der Waals surface area (Å²) in [5.74, 6) is -1.38. The zero-order valence-corrected chi connectivity index (χ0v) is 13.9.